The quantitative estimate of drug-likeness (QED) is 0.427. The highest BCUT2D eigenvalue weighted by Gasteiger charge is 2.24. The molecule has 4 rings (SSSR count). The molecule has 3 aromatic carbocycles. The van der Waals surface area contributed by atoms with Gasteiger partial charge < -0.3 is 5.32 Å². The van der Waals surface area contributed by atoms with Crippen LogP contribution in [0.2, 0.25) is 10.0 Å². The number of amides is 2. The number of fused-ring (bicyclic) bond motifs is 1. The van der Waals surface area contributed by atoms with E-state index in [2.05, 4.69) is 5.32 Å². The van der Waals surface area contributed by atoms with Crippen LogP contribution in [-0.2, 0) is 22.9 Å². The van der Waals surface area contributed by atoms with E-state index in [1.54, 1.807) is 18.2 Å². The topological polar surface area (TPSA) is 92.3 Å². The Morgan fingerprint density at radius 3 is 2.33 bits per heavy atom. The molecular formula is C24H20Cl2N2O4S. The van der Waals surface area contributed by atoms with Crippen molar-refractivity contribution in [2.24, 2.45) is 0 Å². The van der Waals surface area contributed by atoms with Gasteiger partial charge in [0.25, 0.3) is 10.0 Å². The first-order valence-corrected chi connectivity index (χ1v) is 12.5. The molecule has 33 heavy (non-hydrogen) atoms. The summed E-state index contributed by atoms with van der Waals surface area (Å²) in [6.45, 7) is 1.39. The molecular weight excluding hydrogens is 483 g/mol. The highest BCUT2D eigenvalue weighted by atomic mass is 35.5. The Bertz CT molecular complexity index is 1370. The maximum Gasteiger partial charge on any atom is 0.333 e. The molecule has 0 heterocycles. The molecule has 3 aromatic rings. The summed E-state index contributed by atoms with van der Waals surface area (Å²) < 4.78 is 27.5. The first-order valence-electron chi connectivity index (χ1n) is 10.2. The van der Waals surface area contributed by atoms with Crippen molar-refractivity contribution in [3.8, 4) is 11.1 Å². The van der Waals surface area contributed by atoms with Crippen LogP contribution in [-0.4, -0.2) is 20.2 Å². The van der Waals surface area contributed by atoms with Crippen molar-refractivity contribution >= 4 is 50.7 Å². The first-order chi connectivity index (χ1) is 15.7. The predicted molar refractivity (Wildman–Crippen MR) is 130 cm³/mol. The van der Waals surface area contributed by atoms with Gasteiger partial charge in [-0.2, -0.15) is 0 Å². The summed E-state index contributed by atoms with van der Waals surface area (Å²) in [6, 6.07) is 13.5. The lowest BCUT2D eigenvalue weighted by Gasteiger charge is -2.18. The van der Waals surface area contributed by atoms with Crippen LogP contribution in [0.1, 0.15) is 34.8 Å². The maximum absolute atomic E-state index is 12.8. The van der Waals surface area contributed by atoms with Crippen LogP contribution in [0, 0.1) is 0 Å². The largest absolute Gasteiger partial charge is 0.333 e. The molecule has 0 aromatic heterocycles. The number of hydrogen-bond acceptors (Lipinski definition) is 4. The molecule has 0 radical (unpaired) electrons. The van der Waals surface area contributed by atoms with Gasteiger partial charge in [0.15, 0.2) is 5.78 Å². The lowest BCUT2D eigenvalue weighted by molar-refractivity contribution is 0.101. The molecule has 2 N–H and O–H groups in total. The van der Waals surface area contributed by atoms with E-state index in [4.69, 9.17) is 23.2 Å². The highest BCUT2D eigenvalue weighted by molar-refractivity contribution is 7.90. The molecule has 0 spiro atoms. The molecule has 0 aliphatic heterocycles. The minimum atomic E-state index is -4.15. The monoisotopic (exact) mass is 502 g/mol. The van der Waals surface area contributed by atoms with Crippen molar-refractivity contribution in [3.63, 3.8) is 0 Å². The molecule has 0 fully saturated rings. The number of halogens is 2. The molecule has 0 bridgehead atoms. The van der Waals surface area contributed by atoms with Crippen LogP contribution in [0.3, 0.4) is 0 Å². The second-order valence-electron chi connectivity index (χ2n) is 7.72. The molecule has 1 aliphatic rings. The number of ketones is 1. The third-order valence-corrected chi connectivity index (χ3v) is 7.73. The highest BCUT2D eigenvalue weighted by Crippen LogP contribution is 2.41. The van der Waals surface area contributed by atoms with E-state index in [1.807, 2.05) is 16.9 Å². The van der Waals surface area contributed by atoms with Crippen molar-refractivity contribution < 1.29 is 18.0 Å². The molecule has 9 heteroatoms. The summed E-state index contributed by atoms with van der Waals surface area (Å²) in [7, 11) is -4.15. The number of carbonyl (C=O) groups excluding carboxylic acids is 2. The zero-order valence-electron chi connectivity index (χ0n) is 17.6. The minimum Gasteiger partial charge on any atom is -0.306 e. The first kappa shape index (κ1) is 23.3. The van der Waals surface area contributed by atoms with Gasteiger partial charge in [-0.25, -0.2) is 17.9 Å². The summed E-state index contributed by atoms with van der Waals surface area (Å²) in [6.07, 6.45) is 2.55. The normalized spacial score (nSPS) is 12.8. The third-order valence-electron chi connectivity index (χ3n) is 5.56. The fourth-order valence-electron chi connectivity index (χ4n) is 3.93. The second kappa shape index (κ2) is 9.17. The number of sulfonamides is 1. The summed E-state index contributed by atoms with van der Waals surface area (Å²) in [5.74, 6) is -0.185. The lowest BCUT2D eigenvalue weighted by atomic mass is 9.97. The Kier molecular flexibility index (Phi) is 6.47. The van der Waals surface area contributed by atoms with Crippen molar-refractivity contribution in [2.75, 3.05) is 5.32 Å². The SMILES string of the molecule is CC(=O)c1ccc(S(=O)(=O)NC(=O)Nc2c(-c3cccc(Cl)c3Cl)ccc3c2CCC3)cc1. The van der Waals surface area contributed by atoms with Crippen LogP contribution < -0.4 is 10.0 Å². The number of rotatable bonds is 5. The maximum atomic E-state index is 12.8. The number of nitrogens with one attached hydrogen (secondary N) is 2. The van der Waals surface area contributed by atoms with E-state index in [0.29, 0.717) is 32.4 Å². The Hall–Kier alpha value is -2.87. The van der Waals surface area contributed by atoms with Crippen molar-refractivity contribution in [1.82, 2.24) is 4.72 Å². The van der Waals surface area contributed by atoms with E-state index in [0.717, 1.165) is 30.4 Å². The van der Waals surface area contributed by atoms with E-state index in [-0.39, 0.29) is 10.7 Å². The molecule has 2 amide bonds. The Morgan fingerprint density at radius 2 is 1.64 bits per heavy atom. The van der Waals surface area contributed by atoms with Crippen LogP contribution in [0.5, 0.6) is 0 Å². The van der Waals surface area contributed by atoms with Gasteiger partial charge in [0, 0.05) is 16.7 Å². The number of hydrogen-bond donors (Lipinski definition) is 2. The number of anilines is 1. The molecule has 0 saturated carbocycles. The molecule has 170 valence electrons. The van der Waals surface area contributed by atoms with Gasteiger partial charge in [-0.15, -0.1) is 0 Å². The number of benzene rings is 3. The zero-order valence-corrected chi connectivity index (χ0v) is 19.9. The summed E-state index contributed by atoms with van der Waals surface area (Å²) in [5, 5.41) is 3.45. The van der Waals surface area contributed by atoms with Gasteiger partial charge in [-0.1, -0.05) is 59.6 Å². The summed E-state index contributed by atoms with van der Waals surface area (Å²) in [5.41, 5.74) is 4.21. The third kappa shape index (κ3) is 4.76. The molecule has 0 saturated heterocycles. The fourth-order valence-corrected chi connectivity index (χ4v) is 5.24. The molecule has 0 unspecified atom stereocenters. The Balaban J connectivity index is 1.66. The zero-order chi connectivity index (χ0) is 23.8. The average Bonchev–Trinajstić information content (AvgIpc) is 3.25. The van der Waals surface area contributed by atoms with Crippen LogP contribution >= 0.6 is 23.2 Å². The van der Waals surface area contributed by atoms with E-state index >= 15 is 0 Å². The van der Waals surface area contributed by atoms with Gasteiger partial charge in [0.2, 0.25) is 0 Å². The Labute approximate surface area is 202 Å². The molecule has 6 nitrogen and oxygen atoms in total. The molecule has 0 atom stereocenters. The van der Waals surface area contributed by atoms with Crippen LogP contribution in [0.15, 0.2) is 59.5 Å². The van der Waals surface area contributed by atoms with Gasteiger partial charge in [-0.05, 0) is 55.5 Å². The second-order valence-corrected chi connectivity index (χ2v) is 10.2. The number of carbonyl (C=O) groups is 2. The fraction of sp³-hybridized carbons (Fsp3) is 0.167. The van der Waals surface area contributed by atoms with Gasteiger partial charge in [-0.3, -0.25) is 4.79 Å². The average molecular weight is 503 g/mol. The Morgan fingerprint density at radius 1 is 0.909 bits per heavy atom. The van der Waals surface area contributed by atoms with Crippen LogP contribution in [0.4, 0.5) is 10.5 Å². The lowest BCUT2D eigenvalue weighted by Crippen LogP contribution is -2.34. The number of Topliss-reactive ketones (excluding diaryl/α,β-unsaturated/α-hetero) is 1. The minimum absolute atomic E-state index is 0.126. The smallest absolute Gasteiger partial charge is 0.306 e. The predicted octanol–water partition coefficient (Wildman–Crippen LogP) is 5.86. The van der Waals surface area contributed by atoms with Gasteiger partial charge in [0.1, 0.15) is 0 Å². The van der Waals surface area contributed by atoms with Crippen molar-refractivity contribution in [2.45, 2.75) is 31.1 Å². The van der Waals surface area contributed by atoms with E-state index < -0.39 is 16.1 Å². The van der Waals surface area contributed by atoms with Gasteiger partial charge in [0.05, 0.1) is 20.6 Å². The van der Waals surface area contributed by atoms with Crippen molar-refractivity contribution in [3.05, 3.63) is 81.3 Å². The standard InChI is InChI=1S/C24H20Cl2N2O4S/c1-14(29)15-8-11-17(12-9-15)33(31,32)28-24(30)27-23-18-5-2-4-16(18)10-13-20(23)19-6-3-7-21(25)22(19)26/h3,6-13H,2,4-5H2,1H3,(H2,27,28,30). The van der Waals surface area contributed by atoms with Crippen molar-refractivity contribution in [1.29, 1.82) is 0 Å². The van der Waals surface area contributed by atoms with E-state index in [9.17, 15) is 18.0 Å². The summed E-state index contributed by atoms with van der Waals surface area (Å²) in [4.78, 5) is 24.1. The van der Waals surface area contributed by atoms with E-state index in [1.165, 1.54) is 31.2 Å². The number of aryl methyl sites for hydroxylation is 1. The van der Waals surface area contributed by atoms with Crippen LogP contribution in [0.25, 0.3) is 11.1 Å². The van der Waals surface area contributed by atoms with Gasteiger partial charge >= 0.3 is 6.03 Å². The molecule has 1 aliphatic carbocycles. The summed E-state index contributed by atoms with van der Waals surface area (Å²) >= 11 is 12.6. The number of urea groups is 1.